The molecular formula is C24H24N2O3. The van der Waals surface area contributed by atoms with Crippen molar-refractivity contribution in [3.63, 3.8) is 0 Å². The van der Waals surface area contributed by atoms with Gasteiger partial charge in [-0.3, -0.25) is 0 Å². The minimum absolute atomic E-state index is 0.0235. The SMILES string of the molecule is CCOC(=O)C1=C(c2cccc3ccccc23)C(C#N)(C#N)[C@@H](O)[C@H](C(C)C)C1. The molecule has 0 fully saturated rings. The predicted octanol–water partition coefficient (Wildman–Crippen LogP) is 4.23. The largest absolute Gasteiger partial charge is 0.463 e. The number of ether oxygens (including phenoxy) is 1. The zero-order chi connectivity index (χ0) is 21.2. The summed E-state index contributed by atoms with van der Waals surface area (Å²) in [6.07, 6.45) is -0.967. The molecule has 0 bridgehead atoms. The van der Waals surface area contributed by atoms with Crippen molar-refractivity contribution in [2.24, 2.45) is 17.3 Å². The van der Waals surface area contributed by atoms with Crippen LogP contribution in [0.5, 0.6) is 0 Å². The van der Waals surface area contributed by atoms with Crippen molar-refractivity contribution in [2.45, 2.75) is 33.3 Å². The number of fused-ring (bicyclic) bond motifs is 1. The minimum Gasteiger partial charge on any atom is -0.463 e. The van der Waals surface area contributed by atoms with Crippen LogP contribution in [-0.2, 0) is 9.53 Å². The second-order valence-corrected chi connectivity index (χ2v) is 7.69. The molecule has 0 unspecified atom stereocenters. The number of nitrogens with zero attached hydrogens (tertiary/aromatic N) is 2. The maximum absolute atomic E-state index is 12.9. The molecular weight excluding hydrogens is 364 g/mol. The molecule has 0 aromatic heterocycles. The summed E-state index contributed by atoms with van der Waals surface area (Å²) in [6, 6.07) is 17.3. The fraction of sp³-hybridized carbons (Fsp3) is 0.375. The van der Waals surface area contributed by atoms with Crippen LogP contribution in [0.25, 0.3) is 16.3 Å². The molecule has 0 saturated carbocycles. The maximum atomic E-state index is 12.9. The van der Waals surface area contributed by atoms with E-state index in [1.54, 1.807) is 13.0 Å². The van der Waals surface area contributed by atoms with E-state index in [0.717, 1.165) is 10.8 Å². The van der Waals surface area contributed by atoms with Crippen molar-refractivity contribution in [2.75, 3.05) is 6.61 Å². The Morgan fingerprint density at radius 1 is 1.21 bits per heavy atom. The van der Waals surface area contributed by atoms with Gasteiger partial charge in [-0.2, -0.15) is 10.5 Å². The zero-order valence-electron chi connectivity index (χ0n) is 16.8. The molecule has 3 rings (SSSR count). The lowest BCUT2D eigenvalue weighted by atomic mass is 9.61. The van der Waals surface area contributed by atoms with Gasteiger partial charge in [-0.15, -0.1) is 0 Å². The minimum atomic E-state index is -1.86. The Labute approximate surface area is 170 Å². The summed E-state index contributed by atoms with van der Waals surface area (Å²) < 4.78 is 5.29. The van der Waals surface area contributed by atoms with Crippen LogP contribution in [0.1, 0.15) is 32.8 Å². The zero-order valence-corrected chi connectivity index (χ0v) is 16.8. The topological polar surface area (TPSA) is 94.1 Å². The number of rotatable bonds is 4. The molecule has 0 radical (unpaired) electrons. The van der Waals surface area contributed by atoms with E-state index in [1.165, 1.54) is 0 Å². The van der Waals surface area contributed by atoms with Gasteiger partial charge in [0.1, 0.15) is 0 Å². The lowest BCUT2D eigenvalue weighted by molar-refractivity contribution is -0.139. The predicted molar refractivity (Wildman–Crippen MR) is 110 cm³/mol. The van der Waals surface area contributed by atoms with E-state index in [2.05, 4.69) is 12.1 Å². The van der Waals surface area contributed by atoms with Gasteiger partial charge in [-0.05, 0) is 41.5 Å². The molecule has 1 N–H and O–H groups in total. The van der Waals surface area contributed by atoms with Crippen molar-refractivity contribution >= 4 is 22.3 Å². The fourth-order valence-corrected chi connectivity index (χ4v) is 4.25. The highest BCUT2D eigenvalue weighted by Crippen LogP contribution is 2.51. The van der Waals surface area contributed by atoms with Crippen LogP contribution in [0.2, 0.25) is 0 Å². The van der Waals surface area contributed by atoms with Crippen LogP contribution in [0.3, 0.4) is 0 Å². The summed E-state index contributed by atoms with van der Waals surface area (Å²) in [6.45, 7) is 5.74. The number of esters is 1. The van der Waals surface area contributed by atoms with Gasteiger partial charge in [0.25, 0.3) is 0 Å². The average molecular weight is 388 g/mol. The Hall–Kier alpha value is -3.15. The Morgan fingerprint density at radius 3 is 2.48 bits per heavy atom. The van der Waals surface area contributed by atoms with E-state index in [9.17, 15) is 20.4 Å². The average Bonchev–Trinajstić information content (AvgIpc) is 2.73. The number of hydrogen-bond acceptors (Lipinski definition) is 5. The van der Waals surface area contributed by atoms with E-state index < -0.39 is 23.4 Å². The first kappa shape index (κ1) is 20.6. The maximum Gasteiger partial charge on any atom is 0.334 e. The molecule has 2 atom stereocenters. The van der Waals surface area contributed by atoms with Crippen molar-refractivity contribution < 1.29 is 14.6 Å². The fourth-order valence-electron chi connectivity index (χ4n) is 4.25. The Kier molecular flexibility index (Phi) is 5.73. The van der Waals surface area contributed by atoms with Gasteiger partial charge in [-0.1, -0.05) is 56.3 Å². The number of nitriles is 2. The molecule has 1 aliphatic rings. The summed E-state index contributed by atoms with van der Waals surface area (Å²) in [7, 11) is 0. The van der Waals surface area contributed by atoms with Gasteiger partial charge in [0.2, 0.25) is 0 Å². The van der Waals surface area contributed by atoms with Crippen LogP contribution in [0, 0.1) is 39.9 Å². The van der Waals surface area contributed by atoms with E-state index in [-0.39, 0.29) is 24.5 Å². The molecule has 1 aliphatic carbocycles. The van der Waals surface area contributed by atoms with Crippen molar-refractivity contribution in [1.82, 2.24) is 0 Å². The van der Waals surface area contributed by atoms with Crippen LogP contribution >= 0.6 is 0 Å². The first-order valence-electron chi connectivity index (χ1n) is 9.80. The standard InChI is InChI=1S/C24H24N2O3/c1-4-29-23(28)20-12-19(15(2)3)22(27)24(13-25,14-26)21(20)18-11-7-9-16-8-5-6-10-17(16)18/h5-11,15,19,22,27H,4,12H2,1-3H3/t19-,22-/m0/s1. The van der Waals surface area contributed by atoms with E-state index in [0.29, 0.717) is 11.1 Å². The molecule has 5 heteroatoms. The number of aliphatic hydroxyl groups is 1. The summed E-state index contributed by atoms with van der Waals surface area (Å²) in [4.78, 5) is 12.9. The third-order valence-electron chi connectivity index (χ3n) is 5.77. The Balaban J connectivity index is 2.43. The summed E-state index contributed by atoms with van der Waals surface area (Å²) in [5.74, 6) is -0.972. The highest BCUT2D eigenvalue weighted by atomic mass is 16.5. The molecule has 2 aromatic carbocycles. The number of carbonyl (C=O) groups is 1. The molecule has 0 aliphatic heterocycles. The molecule has 5 nitrogen and oxygen atoms in total. The van der Waals surface area contributed by atoms with Gasteiger partial charge in [0.15, 0.2) is 5.41 Å². The monoisotopic (exact) mass is 388 g/mol. The number of carbonyl (C=O) groups excluding carboxylic acids is 1. The highest BCUT2D eigenvalue weighted by molar-refractivity contribution is 6.06. The lowest BCUT2D eigenvalue weighted by Gasteiger charge is -2.41. The van der Waals surface area contributed by atoms with Crippen LogP contribution in [0.15, 0.2) is 48.0 Å². The lowest BCUT2D eigenvalue weighted by Crippen LogP contribution is -2.46. The van der Waals surface area contributed by atoms with Crippen LogP contribution in [-0.4, -0.2) is 23.8 Å². The molecule has 0 spiro atoms. The van der Waals surface area contributed by atoms with Gasteiger partial charge < -0.3 is 9.84 Å². The van der Waals surface area contributed by atoms with E-state index >= 15 is 0 Å². The molecule has 0 saturated heterocycles. The molecule has 29 heavy (non-hydrogen) atoms. The summed E-state index contributed by atoms with van der Waals surface area (Å²) in [5.41, 5.74) is -0.688. The van der Waals surface area contributed by atoms with Crippen LogP contribution < -0.4 is 0 Å². The smallest absolute Gasteiger partial charge is 0.334 e. The number of aliphatic hydroxyl groups excluding tert-OH is 1. The normalized spacial score (nSPS) is 20.9. The van der Waals surface area contributed by atoms with E-state index in [4.69, 9.17) is 4.74 Å². The van der Waals surface area contributed by atoms with Crippen molar-refractivity contribution in [1.29, 1.82) is 10.5 Å². The number of hydrogen-bond donors (Lipinski definition) is 1. The van der Waals surface area contributed by atoms with Crippen molar-refractivity contribution in [3.8, 4) is 12.1 Å². The second-order valence-electron chi connectivity index (χ2n) is 7.69. The van der Waals surface area contributed by atoms with Gasteiger partial charge in [-0.25, -0.2) is 4.79 Å². The summed E-state index contributed by atoms with van der Waals surface area (Å²) in [5, 5.41) is 33.1. The van der Waals surface area contributed by atoms with Gasteiger partial charge in [0.05, 0.1) is 24.8 Å². The number of benzene rings is 2. The van der Waals surface area contributed by atoms with E-state index in [1.807, 2.05) is 50.2 Å². The van der Waals surface area contributed by atoms with Gasteiger partial charge in [0, 0.05) is 11.1 Å². The second kappa shape index (κ2) is 8.07. The first-order valence-corrected chi connectivity index (χ1v) is 9.80. The molecule has 2 aromatic rings. The van der Waals surface area contributed by atoms with Gasteiger partial charge >= 0.3 is 5.97 Å². The first-order chi connectivity index (χ1) is 13.9. The third kappa shape index (κ3) is 3.28. The molecule has 148 valence electrons. The Bertz CT molecular complexity index is 1040. The highest BCUT2D eigenvalue weighted by Gasteiger charge is 2.53. The Morgan fingerprint density at radius 2 is 1.86 bits per heavy atom. The summed E-state index contributed by atoms with van der Waals surface area (Å²) >= 11 is 0. The molecule has 0 amide bonds. The molecule has 0 heterocycles. The van der Waals surface area contributed by atoms with Crippen LogP contribution in [0.4, 0.5) is 0 Å². The third-order valence-corrected chi connectivity index (χ3v) is 5.77. The quantitative estimate of drug-likeness (QED) is 0.791. The van der Waals surface area contributed by atoms with Crippen molar-refractivity contribution in [3.05, 3.63) is 53.6 Å².